The summed E-state index contributed by atoms with van der Waals surface area (Å²) in [7, 11) is 0. The highest BCUT2D eigenvalue weighted by Crippen LogP contribution is 2.47. The van der Waals surface area contributed by atoms with Gasteiger partial charge in [0, 0.05) is 16.6 Å². The fraction of sp³-hybridized carbons (Fsp3) is 0.400. The highest BCUT2D eigenvalue weighted by atomic mass is 16.1. The number of benzene rings is 1. The van der Waals surface area contributed by atoms with Crippen LogP contribution in [0.4, 0.5) is 0 Å². The molecule has 18 heavy (non-hydrogen) atoms. The number of aromatic nitrogens is 1. The Kier molecular flexibility index (Phi) is 2.39. The summed E-state index contributed by atoms with van der Waals surface area (Å²) < 4.78 is 0. The summed E-state index contributed by atoms with van der Waals surface area (Å²) in [6.45, 7) is 4.20. The summed E-state index contributed by atoms with van der Waals surface area (Å²) >= 11 is 0. The van der Waals surface area contributed by atoms with Crippen LogP contribution in [-0.2, 0) is 10.3 Å². The van der Waals surface area contributed by atoms with Gasteiger partial charge in [-0.2, -0.15) is 4.99 Å². The standard InChI is InChI=1S/C15H16N2O/c1-10-11(2)17-14-12(10)5-3-6-13(14)15(16-9-18)7-4-8-15/h3,5-6,17H,4,7-8H2,1-2H3. The van der Waals surface area contributed by atoms with Gasteiger partial charge >= 0.3 is 0 Å². The molecule has 0 amide bonds. The number of hydrogen-bond acceptors (Lipinski definition) is 2. The fourth-order valence-corrected chi connectivity index (χ4v) is 2.91. The Bertz CT molecular complexity index is 658. The lowest BCUT2D eigenvalue weighted by molar-refractivity contribution is 0.258. The van der Waals surface area contributed by atoms with Crippen LogP contribution in [0.3, 0.4) is 0 Å². The van der Waals surface area contributed by atoms with Crippen LogP contribution in [-0.4, -0.2) is 11.1 Å². The van der Waals surface area contributed by atoms with Crippen molar-refractivity contribution in [2.24, 2.45) is 4.99 Å². The monoisotopic (exact) mass is 240 g/mol. The van der Waals surface area contributed by atoms with E-state index in [2.05, 4.69) is 42.0 Å². The van der Waals surface area contributed by atoms with E-state index in [0.29, 0.717) is 0 Å². The maximum atomic E-state index is 10.7. The highest BCUT2D eigenvalue weighted by molar-refractivity contribution is 5.88. The van der Waals surface area contributed by atoms with E-state index in [-0.39, 0.29) is 5.54 Å². The first-order chi connectivity index (χ1) is 8.68. The van der Waals surface area contributed by atoms with E-state index in [1.54, 1.807) is 6.08 Å². The largest absolute Gasteiger partial charge is 0.358 e. The van der Waals surface area contributed by atoms with Gasteiger partial charge in [0.2, 0.25) is 6.08 Å². The van der Waals surface area contributed by atoms with Gasteiger partial charge in [-0.25, -0.2) is 4.79 Å². The molecular weight excluding hydrogens is 224 g/mol. The van der Waals surface area contributed by atoms with Crippen LogP contribution in [0.1, 0.15) is 36.1 Å². The Labute approximate surface area is 106 Å². The molecule has 1 aromatic heterocycles. The molecule has 3 nitrogen and oxygen atoms in total. The molecule has 1 aliphatic carbocycles. The van der Waals surface area contributed by atoms with Crippen LogP contribution in [0.25, 0.3) is 10.9 Å². The van der Waals surface area contributed by atoms with Gasteiger partial charge in [-0.1, -0.05) is 18.2 Å². The molecule has 1 aliphatic rings. The number of rotatable bonds is 2. The predicted molar refractivity (Wildman–Crippen MR) is 71.4 cm³/mol. The van der Waals surface area contributed by atoms with Crippen molar-refractivity contribution in [3.05, 3.63) is 35.0 Å². The zero-order valence-electron chi connectivity index (χ0n) is 10.7. The summed E-state index contributed by atoms with van der Waals surface area (Å²) in [6.07, 6.45) is 4.77. The van der Waals surface area contributed by atoms with Gasteiger partial charge in [0.15, 0.2) is 0 Å². The van der Waals surface area contributed by atoms with E-state index in [9.17, 15) is 4.79 Å². The van der Waals surface area contributed by atoms with E-state index in [4.69, 9.17) is 0 Å². The Morgan fingerprint density at radius 1 is 1.33 bits per heavy atom. The molecule has 0 radical (unpaired) electrons. The molecule has 1 aromatic carbocycles. The maximum Gasteiger partial charge on any atom is 0.235 e. The average Bonchev–Trinajstić information content (AvgIpc) is 2.61. The molecule has 3 heteroatoms. The zero-order chi connectivity index (χ0) is 12.8. The lowest BCUT2D eigenvalue weighted by Crippen LogP contribution is -2.32. The molecule has 0 aliphatic heterocycles. The van der Waals surface area contributed by atoms with Gasteiger partial charge in [0.25, 0.3) is 0 Å². The molecule has 0 atom stereocenters. The number of aryl methyl sites for hydroxylation is 2. The Hall–Kier alpha value is -1.86. The molecule has 1 fully saturated rings. The number of H-pyrrole nitrogens is 1. The number of carbonyl (C=O) groups excluding carboxylic acids is 1. The van der Waals surface area contributed by atoms with Crippen LogP contribution in [0.15, 0.2) is 23.2 Å². The van der Waals surface area contributed by atoms with Gasteiger partial charge < -0.3 is 4.98 Å². The van der Waals surface area contributed by atoms with Gasteiger partial charge in [0.1, 0.15) is 5.54 Å². The van der Waals surface area contributed by atoms with Crippen molar-refractivity contribution in [3.63, 3.8) is 0 Å². The maximum absolute atomic E-state index is 10.7. The van der Waals surface area contributed by atoms with E-state index in [1.807, 2.05) is 0 Å². The number of hydrogen-bond donors (Lipinski definition) is 1. The number of nitrogens with zero attached hydrogens (tertiary/aromatic N) is 1. The average molecular weight is 240 g/mol. The minimum absolute atomic E-state index is 0.328. The van der Waals surface area contributed by atoms with E-state index in [0.717, 1.165) is 30.3 Å². The zero-order valence-corrected chi connectivity index (χ0v) is 10.7. The van der Waals surface area contributed by atoms with Crippen molar-refractivity contribution in [1.29, 1.82) is 0 Å². The van der Waals surface area contributed by atoms with E-state index in [1.165, 1.54) is 16.6 Å². The molecular formula is C15H16N2O. The molecule has 0 saturated heterocycles. The first-order valence-corrected chi connectivity index (χ1v) is 6.35. The topological polar surface area (TPSA) is 45.2 Å². The van der Waals surface area contributed by atoms with Crippen LogP contribution in [0, 0.1) is 13.8 Å². The first-order valence-electron chi connectivity index (χ1n) is 6.35. The van der Waals surface area contributed by atoms with Crippen LogP contribution in [0.5, 0.6) is 0 Å². The Morgan fingerprint density at radius 3 is 2.72 bits per heavy atom. The quantitative estimate of drug-likeness (QED) is 0.633. The molecule has 0 bridgehead atoms. The SMILES string of the molecule is Cc1[nH]c2c(C3(N=C=O)CCC3)cccc2c1C. The number of isocyanates is 1. The summed E-state index contributed by atoms with van der Waals surface area (Å²) in [5, 5.41) is 1.23. The highest BCUT2D eigenvalue weighted by Gasteiger charge is 2.40. The Balaban J connectivity index is 2.29. The number of aromatic amines is 1. The van der Waals surface area contributed by atoms with Gasteiger partial charge in [-0.3, -0.25) is 0 Å². The predicted octanol–water partition coefficient (Wildman–Crippen LogP) is 3.50. The van der Waals surface area contributed by atoms with Crippen molar-refractivity contribution in [2.45, 2.75) is 38.6 Å². The van der Waals surface area contributed by atoms with E-state index >= 15 is 0 Å². The molecule has 2 aromatic rings. The lowest BCUT2D eigenvalue weighted by atomic mass is 9.72. The van der Waals surface area contributed by atoms with E-state index < -0.39 is 0 Å². The minimum atomic E-state index is -0.328. The number of aliphatic imine (C=N–C) groups is 1. The van der Waals surface area contributed by atoms with Crippen molar-refractivity contribution < 1.29 is 4.79 Å². The molecule has 1 N–H and O–H groups in total. The molecule has 1 heterocycles. The third-order valence-electron chi connectivity index (χ3n) is 4.29. The summed E-state index contributed by atoms with van der Waals surface area (Å²) in [4.78, 5) is 18.2. The molecule has 92 valence electrons. The third kappa shape index (κ3) is 1.37. The summed E-state index contributed by atoms with van der Waals surface area (Å²) in [5.41, 5.74) is 4.40. The third-order valence-corrected chi connectivity index (χ3v) is 4.29. The van der Waals surface area contributed by atoms with Gasteiger partial charge in [-0.15, -0.1) is 0 Å². The lowest BCUT2D eigenvalue weighted by Gasteiger charge is -2.37. The molecule has 0 spiro atoms. The van der Waals surface area contributed by atoms with Crippen molar-refractivity contribution in [1.82, 2.24) is 4.98 Å². The second-order valence-electron chi connectivity index (χ2n) is 5.19. The Morgan fingerprint density at radius 2 is 2.11 bits per heavy atom. The van der Waals surface area contributed by atoms with Gasteiger partial charge in [-0.05, 0) is 38.7 Å². The normalized spacial score (nSPS) is 17.2. The fourth-order valence-electron chi connectivity index (χ4n) is 2.91. The number of para-hydroxylation sites is 1. The van der Waals surface area contributed by atoms with Crippen molar-refractivity contribution in [3.8, 4) is 0 Å². The van der Waals surface area contributed by atoms with Crippen LogP contribution < -0.4 is 0 Å². The molecule has 3 rings (SSSR count). The summed E-state index contributed by atoms with van der Waals surface area (Å²) in [6, 6.07) is 6.25. The second kappa shape index (κ2) is 3.82. The van der Waals surface area contributed by atoms with Crippen molar-refractivity contribution >= 4 is 17.0 Å². The molecule has 1 saturated carbocycles. The smallest absolute Gasteiger partial charge is 0.235 e. The minimum Gasteiger partial charge on any atom is -0.358 e. The van der Waals surface area contributed by atoms with Crippen molar-refractivity contribution in [2.75, 3.05) is 0 Å². The molecule has 0 unspecified atom stereocenters. The number of fused-ring (bicyclic) bond motifs is 1. The second-order valence-corrected chi connectivity index (χ2v) is 5.19. The van der Waals surface area contributed by atoms with Gasteiger partial charge in [0.05, 0.1) is 5.52 Å². The van der Waals surface area contributed by atoms with Crippen LogP contribution in [0.2, 0.25) is 0 Å². The van der Waals surface area contributed by atoms with Crippen LogP contribution >= 0.6 is 0 Å². The number of nitrogens with one attached hydrogen (secondary N) is 1. The first kappa shape index (κ1) is 11.2. The summed E-state index contributed by atoms with van der Waals surface area (Å²) in [5.74, 6) is 0.